The molecule has 4 aromatic rings. The highest BCUT2D eigenvalue weighted by molar-refractivity contribution is 6.32. The summed E-state index contributed by atoms with van der Waals surface area (Å²) < 4.78 is 7.49. The fourth-order valence-corrected chi connectivity index (χ4v) is 4.11. The van der Waals surface area contributed by atoms with Crippen LogP contribution < -0.4 is 5.63 Å². The summed E-state index contributed by atoms with van der Waals surface area (Å²) in [4.78, 5) is 39.2. The summed E-state index contributed by atoms with van der Waals surface area (Å²) in [6.45, 7) is 2.64. The number of unbranched alkanes of at least 4 members (excludes halogenated alkanes) is 1. The van der Waals surface area contributed by atoms with Gasteiger partial charge in [0.15, 0.2) is 11.4 Å². The van der Waals surface area contributed by atoms with Crippen LogP contribution in [0.25, 0.3) is 21.9 Å². The van der Waals surface area contributed by atoms with Crippen molar-refractivity contribution >= 4 is 33.4 Å². The van der Waals surface area contributed by atoms with Gasteiger partial charge in [0.05, 0.1) is 16.5 Å². The second-order valence-corrected chi connectivity index (χ2v) is 7.05. The normalized spacial score (nSPS) is 13.2. The Kier molecular flexibility index (Phi) is 3.59. The molecule has 0 amide bonds. The molecule has 5 rings (SSSR count). The molecule has 0 aliphatic heterocycles. The van der Waals surface area contributed by atoms with E-state index in [0.29, 0.717) is 39.7 Å². The van der Waals surface area contributed by atoms with Crippen molar-refractivity contribution in [2.24, 2.45) is 0 Å². The van der Waals surface area contributed by atoms with Gasteiger partial charge in [-0.15, -0.1) is 0 Å². The van der Waals surface area contributed by atoms with Gasteiger partial charge in [-0.25, -0.2) is 4.79 Å². The van der Waals surface area contributed by atoms with Crippen molar-refractivity contribution in [3.8, 4) is 0 Å². The summed E-state index contributed by atoms with van der Waals surface area (Å²) in [5.74, 6) is -0.479. The van der Waals surface area contributed by atoms with Crippen LogP contribution >= 0.6 is 0 Å². The van der Waals surface area contributed by atoms with Gasteiger partial charge < -0.3 is 8.98 Å². The number of hydrogen-bond acceptors (Lipinski definition) is 4. The molecule has 138 valence electrons. The molecule has 1 aliphatic carbocycles. The molecule has 0 radical (unpaired) electrons. The van der Waals surface area contributed by atoms with Crippen molar-refractivity contribution in [1.29, 1.82) is 0 Å². The molecule has 2 heterocycles. The topological polar surface area (TPSA) is 69.3 Å². The van der Waals surface area contributed by atoms with Gasteiger partial charge in [0, 0.05) is 23.1 Å². The summed E-state index contributed by atoms with van der Waals surface area (Å²) >= 11 is 0. The van der Waals surface area contributed by atoms with Crippen molar-refractivity contribution in [3.63, 3.8) is 0 Å². The first-order valence-electron chi connectivity index (χ1n) is 9.40. The second-order valence-electron chi connectivity index (χ2n) is 7.05. The van der Waals surface area contributed by atoms with E-state index >= 15 is 0 Å². The van der Waals surface area contributed by atoms with Crippen LogP contribution in [-0.4, -0.2) is 16.1 Å². The quantitative estimate of drug-likeness (QED) is 0.473. The molecule has 2 aromatic carbocycles. The molecule has 0 unspecified atom stereocenters. The predicted octanol–water partition coefficient (Wildman–Crippen LogP) is 4.32. The number of ketones is 2. The molecular weight excluding hydrogens is 354 g/mol. The van der Waals surface area contributed by atoms with Gasteiger partial charge >= 0.3 is 5.63 Å². The molecule has 0 saturated carbocycles. The van der Waals surface area contributed by atoms with E-state index in [0.717, 1.165) is 12.8 Å². The lowest BCUT2D eigenvalue weighted by Gasteiger charge is -2.16. The zero-order valence-corrected chi connectivity index (χ0v) is 15.3. The summed E-state index contributed by atoms with van der Waals surface area (Å²) in [6.07, 6.45) is 1.77. The standard InChI is InChI=1S/C23H17NO4/c1-2-3-12-24-18-13-8-4-7-11-16(13)23(27)28-22(18)17-19(24)21(26)15-10-6-5-9-14(15)20(17)25/h4-11H,2-3,12H2,1H3. The smallest absolute Gasteiger partial charge is 0.344 e. The molecule has 1 aliphatic rings. The molecule has 0 spiro atoms. The van der Waals surface area contributed by atoms with Crippen LogP contribution in [0.4, 0.5) is 0 Å². The van der Waals surface area contributed by atoms with Crippen molar-refractivity contribution in [1.82, 2.24) is 4.57 Å². The lowest BCUT2D eigenvalue weighted by Crippen LogP contribution is -2.23. The summed E-state index contributed by atoms with van der Waals surface area (Å²) in [7, 11) is 0. The van der Waals surface area contributed by atoms with Gasteiger partial charge in [0.2, 0.25) is 5.78 Å². The molecule has 0 saturated heterocycles. The van der Waals surface area contributed by atoms with Gasteiger partial charge in [-0.2, -0.15) is 0 Å². The minimum Gasteiger partial charge on any atom is -0.420 e. The Labute approximate surface area is 160 Å². The number of hydrogen-bond donors (Lipinski definition) is 0. The van der Waals surface area contributed by atoms with Crippen LogP contribution in [0.3, 0.4) is 0 Å². The Hall–Kier alpha value is -3.47. The van der Waals surface area contributed by atoms with E-state index in [9.17, 15) is 14.4 Å². The van der Waals surface area contributed by atoms with E-state index in [4.69, 9.17) is 4.42 Å². The second kappa shape index (κ2) is 6.02. The Morgan fingerprint density at radius 3 is 2.21 bits per heavy atom. The summed E-state index contributed by atoms with van der Waals surface area (Å²) in [5, 5.41) is 1.14. The number of nitrogens with zero attached hydrogens (tertiary/aromatic N) is 1. The first-order chi connectivity index (χ1) is 13.6. The predicted molar refractivity (Wildman–Crippen MR) is 106 cm³/mol. The largest absolute Gasteiger partial charge is 0.420 e. The fourth-order valence-electron chi connectivity index (χ4n) is 4.11. The van der Waals surface area contributed by atoms with E-state index < -0.39 is 5.63 Å². The highest BCUT2D eigenvalue weighted by Gasteiger charge is 2.37. The van der Waals surface area contributed by atoms with Crippen molar-refractivity contribution < 1.29 is 14.0 Å². The number of benzene rings is 2. The Morgan fingerprint density at radius 1 is 0.857 bits per heavy atom. The van der Waals surface area contributed by atoms with E-state index in [1.807, 2.05) is 16.7 Å². The zero-order chi connectivity index (χ0) is 19.4. The molecule has 2 aromatic heterocycles. The molecule has 0 bridgehead atoms. The lowest BCUT2D eigenvalue weighted by atomic mass is 9.88. The molecule has 0 fully saturated rings. The number of rotatable bonds is 3. The number of aromatic nitrogens is 1. The summed E-state index contributed by atoms with van der Waals surface area (Å²) in [6, 6.07) is 14.0. The molecule has 28 heavy (non-hydrogen) atoms. The molecule has 0 atom stereocenters. The minimum absolute atomic E-state index is 0.204. The highest BCUT2D eigenvalue weighted by atomic mass is 16.4. The van der Waals surface area contributed by atoms with Crippen LogP contribution in [0.5, 0.6) is 0 Å². The zero-order valence-electron chi connectivity index (χ0n) is 15.3. The maximum Gasteiger partial charge on any atom is 0.344 e. The van der Waals surface area contributed by atoms with Gasteiger partial charge in [-0.3, -0.25) is 9.59 Å². The third-order valence-electron chi connectivity index (χ3n) is 5.41. The van der Waals surface area contributed by atoms with Gasteiger partial charge in [0.25, 0.3) is 0 Å². The van der Waals surface area contributed by atoms with E-state index in [2.05, 4.69) is 6.92 Å². The van der Waals surface area contributed by atoms with Crippen molar-refractivity contribution in [2.45, 2.75) is 26.3 Å². The van der Waals surface area contributed by atoms with Crippen LogP contribution in [0, 0.1) is 0 Å². The molecular formula is C23H17NO4. The van der Waals surface area contributed by atoms with Crippen molar-refractivity contribution in [2.75, 3.05) is 0 Å². The van der Waals surface area contributed by atoms with Crippen LogP contribution in [0.15, 0.2) is 57.7 Å². The first kappa shape index (κ1) is 16.7. The lowest BCUT2D eigenvalue weighted by molar-refractivity contribution is 0.0973. The number of carbonyl (C=O) groups excluding carboxylic acids is 2. The van der Waals surface area contributed by atoms with Gasteiger partial charge in [-0.05, 0) is 12.5 Å². The molecule has 5 heteroatoms. The van der Waals surface area contributed by atoms with Crippen LogP contribution in [0.2, 0.25) is 0 Å². The van der Waals surface area contributed by atoms with Gasteiger partial charge in [-0.1, -0.05) is 55.8 Å². The Morgan fingerprint density at radius 2 is 1.50 bits per heavy atom. The Balaban J connectivity index is 1.98. The SMILES string of the molecule is CCCCn1c2c(c3oc(=O)c4ccccc4c31)C(=O)c1ccccc1C2=O. The fraction of sp³-hybridized carbons (Fsp3) is 0.174. The summed E-state index contributed by atoms with van der Waals surface area (Å²) in [5.41, 5.74) is 1.63. The highest BCUT2D eigenvalue weighted by Crippen LogP contribution is 2.37. The maximum atomic E-state index is 13.3. The Bertz CT molecular complexity index is 1360. The number of carbonyl (C=O) groups is 2. The average Bonchev–Trinajstić information content (AvgIpc) is 3.05. The number of fused-ring (bicyclic) bond motifs is 6. The molecule has 5 nitrogen and oxygen atoms in total. The van der Waals surface area contributed by atoms with Crippen molar-refractivity contribution in [3.05, 3.63) is 81.3 Å². The average molecular weight is 371 g/mol. The maximum absolute atomic E-state index is 13.3. The van der Waals surface area contributed by atoms with E-state index in [-0.39, 0.29) is 22.7 Å². The number of aryl methyl sites for hydroxylation is 1. The van der Waals surface area contributed by atoms with Crippen LogP contribution in [0.1, 0.15) is 51.7 Å². The van der Waals surface area contributed by atoms with E-state index in [1.54, 1.807) is 36.4 Å². The van der Waals surface area contributed by atoms with Gasteiger partial charge in [0.1, 0.15) is 5.69 Å². The minimum atomic E-state index is -0.502. The first-order valence-corrected chi connectivity index (χ1v) is 9.40. The monoisotopic (exact) mass is 371 g/mol. The molecule has 0 N–H and O–H groups in total. The third-order valence-corrected chi connectivity index (χ3v) is 5.41. The van der Waals surface area contributed by atoms with E-state index in [1.165, 1.54) is 0 Å². The third kappa shape index (κ3) is 2.10. The van der Waals surface area contributed by atoms with Crippen LogP contribution in [-0.2, 0) is 6.54 Å².